The maximum Gasteiger partial charge on any atom is 0.155 e. The van der Waals surface area contributed by atoms with Crippen molar-refractivity contribution >= 4 is 9.84 Å². The molecule has 0 amide bonds. The highest BCUT2D eigenvalue weighted by Gasteiger charge is 2.27. The Morgan fingerprint density at radius 2 is 1.65 bits per heavy atom. The zero-order valence-electron chi connectivity index (χ0n) is 13.2. The number of rotatable bonds is 7. The monoisotopic (exact) mass is 297 g/mol. The minimum Gasteiger partial charge on any atom is -0.312 e. The molecular weight excluding hydrogens is 270 g/mol. The van der Waals surface area contributed by atoms with Crippen LogP contribution in [0.3, 0.4) is 0 Å². The minimum absolute atomic E-state index is 0.139. The molecule has 2 atom stereocenters. The van der Waals surface area contributed by atoms with Crippen molar-refractivity contribution in [2.24, 2.45) is 5.92 Å². The van der Waals surface area contributed by atoms with E-state index in [2.05, 4.69) is 24.4 Å². The third-order valence-corrected chi connectivity index (χ3v) is 6.52. The Morgan fingerprint density at radius 1 is 1.10 bits per heavy atom. The lowest BCUT2D eigenvalue weighted by atomic mass is 10.1. The number of aryl methyl sites for hydroxylation is 1. The van der Waals surface area contributed by atoms with Gasteiger partial charge >= 0.3 is 0 Å². The van der Waals surface area contributed by atoms with Gasteiger partial charge in [-0.3, -0.25) is 0 Å². The van der Waals surface area contributed by atoms with Gasteiger partial charge < -0.3 is 5.32 Å². The van der Waals surface area contributed by atoms with E-state index in [1.807, 2.05) is 33.0 Å². The summed E-state index contributed by atoms with van der Waals surface area (Å²) in [7, 11) is -1.28. The van der Waals surface area contributed by atoms with E-state index in [1.165, 1.54) is 5.56 Å². The molecule has 0 fully saturated rings. The summed E-state index contributed by atoms with van der Waals surface area (Å²) in [5.74, 6) is 0.286. The van der Waals surface area contributed by atoms with Crippen molar-refractivity contribution in [3.8, 4) is 0 Å². The topological polar surface area (TPSA) is 46.2 Å². The Bertz CT molecular complexity index is 506. The van der Waals surface area contributed by atoms with Gasteiger partial charge in [0.15, 0.2) is 9.84 Å². The van der Waals surface area contributed by atoms with Crippen LogP contribution in [-0.4, -0.2) is 26.5 Å². The molecule has 0 bridgehead atoms. The largest absolute Gasteiger partial charge is 0.312 e. The number of benzene rings is 1. The van der Waals surface area contributed by atoms with Gasteiger partial charge in [0, 0.05) is 6.04 Å². The summed E-state index contributed by atoms with van der Waals surface area (Å²) in [6.45, 7) is 7.81. The van der Waals surface area contributed by atoms with E-state index in [1.54, 1.807) is 6.92 Å². The highest BCUT2D eigenvalue weighted by Crippen LogP contribution is 2.21. The Kier molecular flexibility index (Phi) is 6.21. The number of hydrogen-bond acceptors (Lipinski definition) is 3. The van der Waals surface area contributed by atoms with Crippen LogP contribution in [0.25, 0.3) is 0 Å². The van der Waals surface area contributed by atoms with E-state index in [0.717, 1.165) is 12.0 Å². The summed E-state index contributed by atoms with van der Waals surface area (Å²) in [5.41, 5.74) is 2.30. The first-order valence-corrected chi connectivity index (χ1v) is 9.01. The smallest absolute Gasteiger partial charge is 0.155 e. The lowest BCUT2D eigenvalue weighted by Gasteiger charge is -2.22. The molecule has 0 aliphatic heterocycles. The number of nitrogens with one attached hydrogen (secondary N) is 1. The summed E-state index contributed by atoms with van der Waals surface area (Å²) in [6.07, 6.45) is 0.993. The first-order valence-electron chi connectivity index (χ1n) is 7.29. The molecule has 0 aliphatic carbocycles. The van der Waals surface area contributed by atoms with Crippen molar-refractivity contribution in [2.75, 3.05) is 12.8 Å². The van der Waals surface area contributed by atoms with Gasteiger partial charge in [0.05, 0.1) is 11.0 Å². The van der Waals surface area contributed by atoms with Crippen LogP contribution in [0.2, 0.25) is 0 Å². The first kappa shape index (κ1) is 17.2. The van der Waals surface area contributed by atoms with Crippen LogP contribution in [0.15, 0.2) is 24.3 Å². The molecule has 1 N–H and O–H groups in total. The predicted octanol–water partition coefficient (Wildman–Crippen LogP) is 2.97. The molecule has 0 radical (unpaired) electrons. The Balaban J connectivity index is 2.91. The van der Waals surface area contributed by atoms with Crippen LogP contribution in [0, 0.1) is 5.92 Å². The first-order chi connectivity index (χ1) is 9.31. The van der Waals surface area contributed by atoms with E-state index in [-0.39, 0.29) is 23.0 Å². The molecule has 3 nitrogen and oxygen atoms in total. The quantitative estimate of drug-likeness (QED) is 0.841. The van der Waals surface area contributed by atoms with Crippen molar-refractivity contribution in [1.29, 1.82) is 0 Å². The van der Waals surface area contributed by atoms with Crippen LogP contribution in [0.1, 0.15) is 44.9 Å². The summed E-state index contributed by atoms with van der Waals surface area (Å²) in [6, 6.07) is 8.04. The lowest BCUT2D eigenvalue weighted by molar-refractivity contribution is 0.532. The van der Waals surface area contributed by atoms with E-state index in [9.17, 15) is 8.42 Å². The Labute approximate surface area is 123 Å². The molecule has 0 aliphatic rings. The molecule has 0 spiro atoms. The van der Waals surface area contributed by atoms with Crippen molar-refractivity contribution in [3.05, 3.63) is 35.4 Å². The number of hydrogen-bond donors (Lipinski definition) is 1. The fraction of sp³-hybridized carbons (Fsp3) is 0.625. The maximum atomic E-state index is 12.4. The Morgan fingerprint density at radius 3 is 2.05 bits per heavy atom. The summed E-state index contributed by atoms with van der Waals surface area (Å²) in [4.78, 5) is 0. The Hall–Kier alpha value is -0.870. The second-order valence-electron chi connectivity index (χ2n) is 5.72. The molecule has 1 aromatic carbocycles. The fourth-order valence-electron chi connectivity index (χ4n) is 2.13. The third-order valence-electron chi connectivity index (χ3n) is 4.04. The zero-order chi connectivity index (χ0) is 15.3. The van der Waals surface area contributed by atoms with E-state index in [4.69, 9.17) is 0 Å². The lowest BCUT2D eigenvalue weighted by Crippen LogP contribution is -2.32. The van der Waals surface area contributed by atoms with Gasteiger partial charge in [-0.2, -0.15) is 0 Å². The molecule has 20 heavy (non-hydrogen) atoms. The van der Waals surface area contributed by atoms with Crippen LogP contribution < -0.4 is 5.32 Å². The van der Waals surface area contributed by atoms with Gasteiger partial charge in [0.1, 0.15) is 0 Å². The second kappa shape index (κ2) is 7.23. The second-order valence-corrected chi connectivity index (χ2v) is 8.12. The molecule has 114 valence electrons. The average molecular weight is 297 g/mol. The predicted molar refractivity (Wildman–Crippen MR) is 85.7 cm³/mol. The average Bonchev–Trinajstić information content (AvgIpc) is 2.44. The molecule has 0 heterocycles. The van der Waals surface area contributed by atoms with Gasteiger partial charge in [0.2, 0.25) is 0 Å². The summed E-state index contributed by atoms with van der Waals surface area (Å²) in [5, 5.41) is 2.81. The molecule has 0 saturated heterocycles. The third kappa shape index (κ3) is 4.32. The molecule has 1 aromatic rings. The minimum atomic E-state index is -3.10. The van der Waals surface area contributed by atoms with Crippen molar-refractivity contribution in [2.45, 2.75) is 45.4 Å². The van der Waals surface area contributed by atoms with E-state index in [0.29, 0.717) is 0 Å². The molecule has 1 rings (SSSR count). The van der Waals surface area contributed by atoms with Crippen LogP contribution >= 0.6 is 0 Å². The van der Waals surface area contributed by atoms with Gasteiger partial charge in [-0.1, -0.05) is 45.0 Å². The fourth-order valence-corrected chi connectivity index (χ4v) is 4.09. The molecule has 0 saturated carbocycles. The molecule has 4 heteroatoms. The van der Waals surface area contributed by atoms with Gasteiger partial charge in [-0.15, -0.1) is 0 Å². The standard InChI is InChI=1S/C16H27NO2S/c1-6-14-7-9-15(10-8-14)16(17-5)11-20(18,19)13(4)12(2)3/h7-10,12-13,16-17H,6,11H2,1-5H3. The highest BCUT2D eigenvalue weighted by atomic mass is 32.2. The van der Waals surface area contributed by atoms with E-state index >= 15 is 0 Å². The van der Waals surface area contributed by atoms with Gasteiger partial charge in [-0.05, 0) is 37.4 Å². The normalized spacial score (nSPS) is 15.3. The molecule has 2 unspecified atom stereocenters. The van der Waals surface area contributed by atoms with Crippen molar-refractivity contribution in [1.82, 2.24) is 5.32 Å². The van der Waals surface area contributed by atoms with Crippen LogP contribution in [0.4, 0.5) is 0 Å². The van der Waals surface area contributed by atoms with Gasteiger partial charge in [-0.25, -0.2) is 8.42 Å². The molecular formula is C16H27NO2S. The van der Waals surface area contributed by atoms with Crippen LogP contribution in [-0.2, 0) is 16.3 Å². The van der Waals surface area contributed by atoms with Crippen molar-refractivity contribution in [3.63, 3.8) is 0 Å². The zero-order valence-corrected chi connectivity index (χ0v) is 14.0. The maximum absolute atomic E-state index is 12.4. The number of sulfone groups is 1. The van der Waals surface area contributed by atoms with E-state index < -0.39 is 9.84 Å². The van der Waals surface area contributed by atoms with Crippen molar-refractivity contribution < 1.29 is 8.42 Å². The van der Waals surface area contributed by atoms with Crippen LogP contribution in [0.5, 0.6) is 0 Å². The van der Waals surface area contributed by atoms with Gasteiger partial charge in [0.25, 0.3) is 0 Å². The molecule has 0 aromatic heterocycles. The summed E-state index contributed by atoms with van der Waals surface area (Å²) < 4.78 is 24.8. The SMILES string of the molecule is CCc1ccc(C(CS(=O)(=O)C(C)C(C)C)NC)cc1. The summed E-state index contributed by atoms with van der Waals surface area (Å²) >= 11 is 0. The highest BCUT2D eigenvalue weighted by molar-refractivity contribution is 7.92.